The summed E-state index contributed by atoms with van der Waals surface area (Å²) in [5.41, 5.74) is 7.65. The fourth-order valence-corrected chi connectivity index (χ4v) is 7.59. The van der Waals surface area contributed by atoms with Gasteiger partial charge in [0.1, 0.15) is 62.8 Å². The standard InChI is InChI=1S/C60H78N6O16/c1-60(2,3)82-59(75)66-47(26-16-17-33-61)55(71)62-34-35-76-36-37-77-42-52(68)63-48(56(72)65-50(58(74)81-41-46-24-14-7-15-25-46)29-32-54(70)79-39-44-20-10-5-11-21-44)27-30-51(67)64-49(57(73)80-40-45-22-12-6-13-23-45)28-31-53(69)78-38-43-18-8-4-9-19-43/h4-15,18-25,47-50H,16-17,26-42,61H2,1-3H3,(H,62,71)(H,63,68)(H,64,67)(H,65,72)(H,66,75). The van der Waals surface area contributed by atoms with Crippen LogP contribution in [0.25, 0.3) is 0 Å². The van der Waals surface area contributed by atoms with Gasteiger partial charge in [-0.3, -0.25) is 28.8 Å². The molecule has 0 saturated heterocycles. The van der Waals surface area contributed by atoms with Crippen molar-refractivity contribution in [2.45, 2.75) is 135 Å². The first kappa shape index (κ1) is 66.3. The third-order valence-electron chi connectivity index (χ3n) is 11.8. The number of ether oxygens (including phenoxy) is 7. The Morgan fingerprint density at radius 1 is 0.451 bits per heavy atom. The Labute approximate surface area is 478 Å². The smallest absolute Gasteiger partial charge is 0.408 e. The van der Waals surface area contributed by atoms with Crippen molar-refractivity contribution in [2.75, 3.05) is 39.5 Å². The van der Waals surface area contributed by atoms with E-state index in [4.69, 9.17) is 38.9 Å². The Balaban J connectivity index is 1.41. The number of nitrogens with two attached hydrogens (primary N) is 1. The summed E-state index contributed by atoms with van der Waals surface area (Å²) in [6, 6.07) is 30.3. The summed E-state index contributed by atoms with van der Waals surface area (Å²) in [6.45, 7) is 4.67. The fraction of sp³-hybridized carbons (Fsp3) is 0.450. The van der Waals surface area contributed by atoms with Crippen LogP contribution in [0.1, 0.15) is 101 Å². The van der Waals surface area contributed by atoms with Gasteiger partial charge in [0.2, 0.25) is 23.6 Å². The van der Waals surface area contributed by atoms with E-state index in [2.05, 4.69) is 26.6 Å². The molecule has 0 aliphatic rings. The first-order valence-corrected chi connectivity index (χ1v) is 27.3. The summed E-state index contributed by atoms with van der Waals surface area (Å²) in [6.07, 6.45) is -1.05. The summed E-state index contributed by atoms with van der Waals surface area (Å²) in [5.74, 6) is -5.94. The highest BCUT2D eigenvalue weighted by molar-refractivity contribution is 5.92. The molecule has 0 radical (unpaired) electrons. The van der Waals surface area contributed by atoms with Gasteiger partial charge in [-0.25, -0.2) is 14.4 Å². The molecule has 0 fully saturated rings. The topological polar surface area (TPSA) is 304 Å². The van der Waals surface area contributed by atoms with Crippen LogP contribution in [0.2, 0.25) is 0 Å². The number of benzene rings is 4. The van der Waals surface area contributed by atoms with Gasteiger partial charge in [0.15, 0.2) is 0 Å². The van der Waals surface area contributed by atoms with Crippen molar-refractivity contribution in [1.82, 2.24) is 26.6 Å². The van der Waals surface area contributed by atoms with Gasteiger partial charge in [-0.2, -0.15) is 0 Å². The summed E-state index contributed by atoms with van der Waals surface area (Å²) < 4.78 is 38.3. The highest BCUT2D eigenvalue weighted by atomic mass is 16.6. The highest BCUT2D eigenvalue weighted by Crippen LogP contribution is 2.13. The maximum Gasteiger partial charge on any atom is 0.408 e. The normalized spacial score (nSPS) is 12.4. The maximum absolute atomic E-state index is 14.2. The van der Waals surface area contributed by atoms with Gasteiger partial charge in [-0.1, -0.05) is 121 Å². The SMILES string of the molecule is CC(C)(C)OC(=O)NC(CCCCN)C(=O)NCCOCCOCC(=O)NC(CCC(=O)NC(CCC(=O)OCc1ccccc1)C(=O)OCc1ccccc1)C(=O)NC(CCC(=O)OCc1ccccc1)C(=O)OCc1ccccc1. The molecule has 22 heteroatoms. The third-order valence-corrected chi connectivity index (χ3v) is 11.8. The number of alkyl carbamates (subject to hydrolysis) is 1. The first-order valence-electron chi connectivity index (χ1n) is 27.3. The van der Waals surface area contributed by atoms with E-state index in [0.29, 0.717) is 36.9 Å². The van der Waals surface area contributed by atoms with Crippen molar-refractivity contribution in [3.63, 3.8) is 0 Å². The predicted molar refractivity (Wildman–Crippen MR) is 299 cm³/mol. The van der Waals surface area contributed by atoms with E-state index in [1.807, 2.05) is 12.1 Å². The summed E-state index contributed by atoms with van der Waals surface area (Å²) in [7, 11) is 0. The molecule has 0 aromatic heterocycles. The minimum Gasteiger partial charge on any atom is -0.461 e. The van der Waals surface area contributed by atoms with Gasteiger partial charge >= 0.3 is 30.0 Å². The van der Waals surface area contributed by atoms with Crippen LogP contribution >= 0.6 is 0 Å². The first-order chi connectivity index (χ1) is 39.5. The second-order valence-electron chi connectivity index (χ2n) is 19.8. The molecule has 82 heavy (non-hydrogen) atoms. The average molecular weight is 1140 g/mol. The van der Waals surface area contributed by atoms with Crippen molar-refractivity contribution < 1.29 is 76.3 Å². The molecule has 7 N–H and O–H groups in total. The number of amides is 5. The van der Waals surface area contributed by atoms with E-state index < -0.39 is 96.4 Å². The zero-order valence-electron chi connectivity index (χ0n) is 46.9. The molecule has 4 unspecified atom stereocenters. The minimum atomic E-state index is -1.50. The molecular weight excluding hydrogens is 1060 g/mol. The van der Waals surface area contributed by atoms with Gasteiger partial charge in [0.05, 0.1) is 19.8 Å². The summed E-state index contributed by atoms with van der Waals surface area (Å²) in [5, 5.41) is 13.0. The number of hydrogen-bond acceptors (Lipinski definition) is 17. The maximum atomic E-state index is 14.2. The summed E-state index contributed by atoms with van der Waals surface area (Å²) in [4.78, 5) is 120. The van der Waals surface area contributed by atoms with Crippen LogP contribution in [0, 0.1) is 0 Å². The second-order valence-corrected chi connectivity index (χ2v) is 19.8. The lowest BCUT2D eigenvalue weighted by Gasteiger charge is -2.23. The molecule has 4 atom stereocenters. The van der Waals surface area contributed by atoms with Crippen LogP contribution in [-0.4, -0.2) is 123 Å². The largest absolute Gasteiger partial charge is 0.461 e. The third kappa shape index (κ3) is 28.8. The molecule has 4 aromatic carbocycles. The van der Waals surface area contributed by atoms with E-state index in [0.717, 1.165) is 11.1 Å². The number of esters is 4. The lowest BCUT2D eigenvalue weighted by molar-refractivity contribution is -0.151. The Kier molecular flexibility index (Phi) is 30.5. The Hall–Kier alpha value is -8.21. The second kappa shape index (κ2) is 37.7. The molecule has 0 aliphatic heterocycles. The number of carbonyl (C=O) groups excluding carboxylic acids is 9. The molecule has 0 saturated carbocycles. The van der Waals surface area contributed by atoms with E-state index in [1.165, 1.54) is 0 Å². The Morgan fingerprint density at radius 3 is 1.35 bits per heavy atom. The van der Waals surface area contributed by atoms with Crippen LogP contribution in [-0.2, 0) is 97.9 Å². The van der Waals surface area contributed by atoms with Crippen molar-refractivity contribution in [3.8, 4) is 0 Å². The lowest BCUT2D eigenvalue weighted by Crippen LogP contribution is -2.53. The van der Waals surface area contributed by atoms with Gasteiger partial charge in [0, 0.05) is 25.8 Å². The van der Waals surface area contributed by atoms with Crippen LogP contribution in [0.15, 0.2) is 121 Å². The van der Waals surface area contributed by atoms with Crippen molar-refractivity contribution in [2.24, 2.45) is 5.73 Å². The lowest BCUT2D eigenvalue weighted by atomic mass is 10.1. The number of hydrogen-bond donors (Lipinski definition) is 6. The molecule has 0 bridgehead atoms. The van der Waals surface area contributed by atoms with Crippen LogP contribution in [0.5, 0.6) is 0 Å². The van der Waals surface area contributed by atoms with Gasteiger partial charge in [-0.15, -0.1) is 0 Å². The Bertz CT molecular complexity index is 2590. The molecule has 4 rings (SSSR count). The number of rotatable bonds is 37. The molecule has 22 nitrogen and oxygen atoms in total. The number of carbonyl (C=O) groups is 9. The van der Waals surface area contributed by atoms with Crippen LogP contribution < -0.4 is 32.3 Å². The summed E-state index contributed by atoms with van der Waals surface area (Å²) >= 11 is 0. The molecule has 0 heterocycles. The van der Waals surface area contributed by atoms with Crippen LogP contribution in [0.3, 0.4) is 0 Å². The van der Waals surface area contributed by atoms with Crippen molar-refractivity contribution >= 4 is 53.6 Å². The minimum absolute atomic E-state index is 0.00962. The zero-order chi connectivity index (χ0) is 59.4. The molecule has 0 aliphatic carbocycles. The van der Waals surface area contributed by atoms with Gasteiger partial charge in [-0.05, 0) is 88.1 Å². The van der Waals surface area contributed by atoms with E-state index >= 15 is 0 Å². The molecular formula is C60H78N6O16. The molecule has 4 aromatic rings. The molecule has 0 spiro atoms. The predicted octanol–water partition coefficient (Wildman–Crippen LogP) is 4.93. The van der Waals surface area contributed by atoms with Crippen molar-refractivity contribution in [1.29, 1.82) is 0 Å². The number of unbranched alkanes of at least 4 members (excludes halogenated alkanes) is 1. The van der Waals surface area contributed by atoms with E-state index in [9.17, 15) is 43.2 Å². The van der Waals surface area contributed by atoms with Crippen molar-refractivity contribution in [3.05, 3.63) is 144 Å². The highest BCUT2D eigenvalue weighted by Gasteiger charge is 2.31. The zero-order valence-corrected chi connectivity index (χ0v) is 46.9. The average Bonchev–Trinajstić information content (AvgIpc) is 3.48. The molecule has 5 amide bonds. The van der Waals surface area contributed by atoms with E-state index in [-0.39, 0.29) is 84.9 Å². The fourth-order valence-electron chi connectivity index (χ4n) is 7.59. The van der Waals surface area contributed by atoms with Gasteiger partial charge in [0.25, 0.3) is 0 Å². The monoisotopic (exact) mass is 1140 g/mol. The van der Waals surface area contributed by atoms with Gasteiger partial charge < -0.3 is 65.5 Å². The quantitative estimate of drug-likeness (QED) is 0.0198. The van der Waals surface area contributed by atoms with Crippen LogP contribution in [0.4, 0.5) is 4.79 Å². The Morgan fingerprint density at radius 2 is 0.878 bits per heavy atom. The number of nitrogens with one attached hydrogen (secondary N) is 5. The van der Waals surface area contributed by atoms with E-state index in [1.54, 1.807) is 130 Å². The molecule has 444 valence electrons.